The Hall–Kier alpha value is -1.35. The lowest BCUT2D eigenvalue weighted by atomic mass is 9.86. The highest BCUT2D eigenvalue weighted by atomic mass is 16.2. The number of anilines is 1. The van der Waals surface area contributed by atoms with E-state index in [0.717, 1.165) is 11.3 Å². The Morgan fingerprint density at radius 1 is 1.35 bits per heavy atom. The molecule has 0 radical (unpaired) electrons. The van der Waals surface area contributed by atoms with E-state index >= 15 is 0 Å². The number of benzene rings is 1. The van der Waals surface area contributed by atoms with Crippen molar-refractivity contribution in [3.63, 3.8) is 0 Å². The summed E-state index contributed by atoms with van der Waals surface area (Å²) in [4.78, 5) is 13.8. The molecule has 17 heavy (non-hydrogen) atoms. The first kappa shape index (κ1) is 13.7. The number of carbonyl (C=O) groups excluding carboxylic acids is 1. The van der Waals surface area contributed by atoms with E-state index in [4.69, 9.17) is 5.73 Å². The third kappa shape index (κ3) is 3.30. The van der Waals surface area contributed by atoms with Gasteiger partial charge in [0.1, 0.15) is 0 Å². The quantitative estimate of drug-likeness (QED) is 0.853. The van der Waals surface area contributed by atoms with E-state index in [2.05, 4.69) is 0 Å². The van der Waals surface area contributed by atoms with Crippen molar-refractivity contribution in [2.75, 3.05) is 11.9 Å². The van der Waals surface area contributed by atoms with E-state index in [1.54, 1.807) is 11.9 Å². The number of carbonyl (C=O) groups is 1. The van der Waals surface area contributed by atoms with E-state index in [1.807, 2.05) is 52.0 Å². The van der Waals surface area contributed by atoms with Gasteiger partial charge < -0.3 is 10.6 Å². The average molecular weight is 234 g/mol. The van der Waals surface area contributed by atoms with Gasteiger partial charge in [0, 0.05) is 12.7 Å². The third-order valence-electron chi connectivity index (χ3n) is 2.92. The summed E-state index contributed by atoms with van der Waals surface area (Å²) in [7, 11) is 1.77. The molecule has 0 saturated heterocycles. The molecule has 1 aromatic rings. The second kappa shape index (κ2) is 4.88. The lowest BCUT2D eigenvalue weighted by Crippen LogP contribution is -2.49. The van der Waals surface area contributed by atoms with Gasteiger partial charge in [-0.2, -0.15) is 0 Å². The zero-order valence-corrected chi connectivity index (χ0v) is 11.3. The molecule has 1 rings (SSSR count). The Labute approximate surface area is 104 Å². The zero-order valence-electron chi connectivity index (χ0n) is 11.3. The van der Waals surface area contributed by atoms with E-state index in [9.17, 15) is 4.79 Å². The van der Waals surface area contributed by atoms with Crippen molar-refractivity contribution in [2.45, 2.75) is 33.7 Å². The van der Waals surface area contributed by atoms with Crippen molar-refractivity contribution >= 4 is 11.6 Å². The van der Waals surface area contributed by atoms with Crippen LogP contribution < -0.4 is 10.6 Å². The van der Waals surface area contributed by atoms with Crippen LogP contribution in [0.4, 0.5) is 5.69 Å². The van der Waals surface area contributed by atoms with Crippen LogP contribution in [0.3, 0.4) is 0 Å². The minimum atomic E-state index is -0.493. The van der Waals surface area contributed by atoms with Crippen LogP contribution in [0.2, 0.25) is 0 Å². The van der Waals surface area contributed by atoms with Crippen LogP contribution in [-0.2, 0) is 4.79 Å². The summed E-state index contributed by atoms with van der Waals surface area (Å²) < 4.78 is 0. The first-order valence-corrected chi connectivity index (χ1v) is 5.83. The largest absolute Gasteiger partial charge is 0.319 e. The van der Waals surface area contributed by atoms with Crippen LogP contribution in [-0.4, -0.2) is 19.0 Å². The monoisotopic (exact) mass is 234 g/mol. The number of hydrogen-bond acceptors (Lipinski definition) is 2. The normalized spacial score (nSPS) is 13.3. The van der Waals surface area contributed by atoms with Crippen molar-refractivity contribution < 1.29 is 4.79 Å². The lowest BCUT2D eigenvalue weighted by molar-refractivity contribution is -0.121. The highest BCUT2D eigenvalue weighted by Crippen LogP contribution is 2.22. The molecule has 3 nitrogen and oxygen atoms in total. The molecule has 3 heteroatoms. The maximum atomic E-state index is 12.2. The number of amides is 1. The molecule has 1 aromatic carbocycles. The van der Waals surface area contributed by atoms with Gasteiger partial charge in [-0.25, -0.2) is 0 Å². The molecule has 0 heterocycles. The summed E-state index contributed by atoms with van der Waals surface area (Å²) in [5.74, 6) is -0.0527. The van der Waals surface area contributed by atoms with E-state index in [1.165, 1.54) is 0 Å². The molecule has 0 spiro atoms. The Balaban J connectivity index is 2.91. The maximum absolute atomic E-state index is 12.2. The molecule has 0 aliphatic heterocycles. The van der Waals surface area contributed by atoms with Crippen molar-refractivity contribution in [3.8, 4) is 0 Å². The van der Waals surface area contributed by atoms with Gasteiger partial charge in [0.25, 0.3) is 0 Å². The summed E-state index contributed by atoms with van der Waals surface area (Å²) in [5, 5.41) is 0. The van der Waals surface area contributed by atoms with Crippen LogP contribution in [0.15, 0.2) is 24.3 Å². The molecule has 94 valence electrons. The second-order valence-electron chi connectivity index (χ2n) is 5.58. The Morgan fingerprint density at radius 2 is 1.94 bits per heavy atom. The van der Waals surface area contributed by atoms with E-state index in [0.29, 0.717) is 0 Å². The van der Waals surface area contributed by atoms with Gasteiger partial charge in [0.05, 0.1) is 6.04 Å². The Kier molecular flexibility index (Phi) is 3.94. The predicted octanol–water partition coefficient (Wildman–Crippen LogP) is 2.33. The van der Waals surface area contributed by atoms with Gasteiger partial charge in [-0.15, -0.1) is 0 Å². The molecule has 1 amide bonds. The fourth-order valence-electron chi connectivity index (χ4n) is 1.54. The topological polar surface area (TPSA) is 46.3 Å². The summed E-state index contributed by atoms with van der Waals surface area (Å²) in [6.45, 7) is 7.92. The number of nitrogens with two attached hydrogens (primary N) is 1. The molecular weight excluding hydrogens is 212 g/mol. The van der Waals surface area contributed by atoms with Crippen LogP contribution >= 0.6 is 0 Å². The number of nitrogens with zero attached hydrogens (tertiary/aromatic N) is 1. The third-order valence-corrected chi connectivity index (χ3v) is 2.92. The summed E-state index contributed by atoms with van der Waals surface area (Å²) in [6, 6.07) is 7.35. The van der Waals surface area contributed by atoms with Crippen molar-refractivity contribution in [1.29, 1.82) is 0 Å². The summed E-state index contributed by atoms with van der Waals surface area (Å²) >= 11 is 0. The predicted molar refractivity (Wildman–Crippen MR) is 72.0 cm³/mol. The zero-order chi connectivity index (χ0) is 13.2. The maximum Gasteiger partial charge on any atom is 0.244 e. The molecule has 0 unspecified atom stereocenters. The standard InChI is InChI=1S/C14H22N2O/c1-10-7-6-8-11(9-10)16(5)13(17)12(15)14(2,3)4/h6-9,12H,15H2,1-5H3/t12-/m1/s1. The first-order chi connectivity index (χ1) is 7.73. The number of hydrogen-bond donors (Lipinski definition) is 1. The van der Waals surface area contributed by atoms with E-state index in [-0.39, 0.29) is 11.3 Å². The van der Waals surface area contributed by atoms with Crippen molar-refractivity contribution in [1.82, 2.24) is 0 Å². The SMILES string of the molecule is Cc1cccc(N(C)C(=O)[C@@H](N)C(C)(C)C)c1. The van der Waals surface area contributed by atoms with Gasteiger partial charge in [0.15, 0.2) is 0 Å². The average Bonchev–Trinajstić information content (AvgIpc) is 2.25. The lowest BCUT2D eigenvalue weighted by Gasteiger charge is -2.30. The van der Waals surface area contributed by atoms with Gasteiger partial charge in [-0.1, -0.05) is 32.9 Å². The minimum Gasteiger partial charge on any atom is -0.319 e. The molecule has 0 fully saturated rings. The number of likely N-dealkylation sites (N-methyl/N-ethyl adjacent to an activating group) is 1. The van der Waals surface area contributed by atoms with E-state index < -0.39 is 6.04 Å². The second-order valence-corrected chi connectivity index (χ2v) is 5.58. The van der Waals surface area contributed by atoms with Crippen molar-refractivity contribution in [2.24, 2.45) is 11.1 Å². The molecule has 0 aliphatic carbocycles. The van der Waals surface area contributed by atoms with Crippen LogP contribution in [0.25, 0.3) is 0 Å². The molecule has 0 aromatic heterocycles. The molecule has 0 aliphatic rings. The first-order valence-electron chi connectivity index (χ1n) is 5.83. The van der Waals surface area contributed by atoms with Gasteiger partial charge >= 0.3 is 0 Å². The summed E-state index contributed by atoms with van der Waals surface area (Å²) in [6.07, 6.45) is 0. The molecule has 1 atom stereocenters. The molecular formula is C14H22N2O. The van der Waals surface area contributed by atoms with Gasteiger partial charge in [0.2, 0.25) is 5.91 Å². The minimum absolute atomic E-state index is 0.0527. The summed E-state index contributed by atoms with van der Waals surface area (Å²) in [5.41, 5.74) is 7.77. The fourth-order valence-corrected chi connectivity index (χ4v) is 1.54. The van der Waals surface area contributed by atoms with Crippen LogP contribution in [0.1, 0.15) is 26.3 Å². The Bertz CT molecular complexity index is 407. The van der Waals surface area contributed by atoms with Gasteiger partial charge in [-0.3, -0.25) is 4.79 Å². The highest BCUT2D eigenvalue weighted by Gasteiger charge is 2.30. The highest BCUT2D eigenvalue weighted by molar-refractivity contribution is 5.97. The molecule has 0 saturated carbocycles. The fraction of sp³-hybridized carbons (Fsp3) is 0.500. The molecule has 2 N–H and O–H groups in total. The van der Waals surface area contributed by atoms with Crippen LogP contribution in [0, 0.1) is 12.3 Å². The van der Waals surface area contributed by atoms with Gasteiger partial charge in [-0.05, 0) is 30.0 Å². The Morgan fingerprint density at radius 3 is 2.41 bits per heavy atom. The smallest absolute Gasteiger partial charge is 0.244 e. The number of aryl methyl sites for hydroxylation is 1. The molecule has 0 bridgehead atoms. The number of rotatable bonds is 2. The van der Waals surface area contributed by atoms with Crippen molar-refractivity contribution in [3.05, 3.63) is 29.8 Å². The van der Waals surface area contributed by atoms with Crippen LogP contribution in [0.5, 0.6) is 0 Å².